The fraction of sp³-hybridized carbons (Fsp3) is 0.250. The number of aldehydes is 1. The second kappa shape index (κ2) is 5.75. The van der Waals surface area contributed by atoms with Gasteiger partial charge in [-0.3, -0.25) is 9.59 Å². The molecular weight excluding hydrogens is 225 g/mol. The van der Waals surface area contributed by atoms with Gasteiger partial charge in [0.15, 0.2) is 0 Å². The van der Waals surface area contributed by atoms with Crippen molar-refractivity contribution in [3.63, 3.8) is 0 Å². The molecule has 0 saturated carbocycles. The van der Waals surface area contributed by atoms with Crippen molar-refractivity contribution in [2.24, 2.45) is 0 Å². The van der Waals surface area contributed by atoms with Gasteiger partial charge in [-0.25, -0.2) is 4.39 Å². The molecular formula is C12H10FNO3. The summed E-state index contributed by atoms with van der Waals surface area (Å²) in [5, 5.41) is 8.82. The Morgan fingerprint density at radius 2 is 2.29 bits per heavy atom. The molecule has 0 saturated heterocycles. The largest absolute Gasteiger partial charge is 0.466 e. The number of ether oxygens (including phenoxy) is 1. The number of rotatable bonds is 4. The molecule has 1 aromatic carbocycles. The normalized spacial score (nSPS) is 9.47. The first-order valence-corrected chi connectivity index (χ1v) is 4.95. The Balaban J connectivity index is 3.16. The minimum absolute atomic E-state index is 0.00500. The lowest BCUT2D eigenvalue weighted by atomic mass is 9.99. The summed E-state index contributed by atoms with van der Waals surface area (Å²) in [6, 6.07) is 3.73. The number of halogens is 1. The summed E-state index contributed by atoms with van der Waals surface area (Å²) in [4.78, 5) is 22.1. The maximum absolute atomic E-state index is 13.0. The molecule has 17 heavy (non-hydrogen) atoms. The molecule has 0 heterocycles. The van der Waals surface area contributed by atoms with Gasteiger partial charge in [-0.15, -0.1) is 0 Å². The molecule has 1 aromatic rings. The average molecular weight is 235 g/mol. The minimum Gasteiger partial charge on any atom is -0.466 e. The Bertz CT molecular complexity index is 491. The maximum atomic E-state index is 13.0. The molecule has 0 amide bonds. The van der Waals surface area contributed by atoms with E-state index in [9.17, 15) is 14.0 Å². The standard InChI is InChI=1S/C12H10FNO3/c1-2-17-12(16)5-11-8(6-14)3-10(13)4-9(11)7-15/h3-4,7H,2,5H2,1H3. The highest BCUT2D eigenvalue weighted by Gasteiger charge is 2.15. The van der Waals surface area contributed by atoms with Crippen molar-refractivity contribution in [2.45, 2.75) is 13.3 Å². The molecule has 0 N–H and O–H groups in total. The van der Waals surface area contributed by atoms with Gasteiger partial charge in [0.2, 0.25) is 0 Å². The van der Waals surface area contributed by atoms with Gasteiger partial charge in [-0.2, -0.15) is 5.26 Å². The number of benzene rings is 1. The molecule has 4 nitrogen and oxygen atoms in total. The second-order valence-corrected chi connectivity index (χ2v) is 3.23. The third-order valence-corrected chi connectivity index (χ3v) is 2.12. The molecule has 1 rings (SSSR count). The molecule has 0 atom stereocenters. The van der Waals surface area contributed by atoms with Crippen LogP contribution < -0.4 is 0 Å². The van der Waals surface area contributed by atoms with Crippen molar-refractivity contribution in [1.82, 2.24) is 0 Å². The zero-order chi connectivity index (χ0) is 12.8. The van der Waals surface area contributed by atoms with E-state index in [1.165, 1.54) is 0 Å². The van der Waals surface area contributed by atoms with Gasteiger partial charge < -0.3 is 4.74 Å². The van der Waals surface area contributed by atoms with E-state index in [1.54, 1.807) is 13.0 Å². The SMILES string of the molecule is CCOC(=O)Cc1c(C#N)cc(F)cc1C=O. The monoisotopic (exact) mass is 235 g/mol. The summed E-state index contributed by atoms with van der Waals surface area (Å²) in [7, 11) is 0. The van der Waals surface area contributed by atoms with Gasteiger partial charge in [-0.05, 0) is 24.6 Å². The Kier molecular flexibility index (Phi) is 4.35. The molecule has 88 valence electrons. The zero-order valence-corrected chi connectivity index (χ0v) is 9.20. The van der Waals surface area contributed by atoms with Gasteiger partial charge in [0.25, 0.3) is 0 Å². The number of hydrogen-bond acceptors (Lipinski definition) is 4. The van der Waals surface area contributed by atoms with Gasteiger partial charge >= 0.3 is 5.97 Å². The van der Waals surface area contributed by atoms with Gasteiger partial charge in [0, 0.05) is 5.56 Å². The van der Waals surface area contributed by atoms with Crippen LogP contribution in [0, 0.1) is 17.1 Å². The van der Waals surface area contributed by atoms with Gasteiger partial charge in [-0.1, -0.05) is 0 Å². The van der Waals surface area contributed by atoms with E-state index in [4.69, 9.17) is 10.00 Å². The molecule has 0 aliphatic rings. The highest BCUT2D eigenvalue weighted by Crippen LogP contribution is 2.16. The van der Waals surface area contributed by atoms with Crippen LogP contribution in [0.15, 0.2) is 12.1 Å². The highest BCUT2D eigenvalue weighted by atomic mass is 19.1. The average Bonchev–Trinajstić information content (AvgIpc) is 2.31. The van der Waals surface area contributed by atoms with Crippen LogP contribution in [0.25, 0.3) is 0 Å². The van der Waals surface area contributed by atoms with Crippen molar-refractivity contribution in [2.75, 3.05) is 6.61 Å². The van der Waals surface area contributed by atoms with E-state index in [0.29, 0.717) is 6.29 Å². The van der Waals surface area contributed by atoms with Crippen molar-refractivity contribution >= 4 is 12.3 Å². The lowest BCUT2D eigenvalue weighted by Gasteiger charge is -2.07. The second-order valence-electron chi connectivity index (χ2n) is 3.23. The number of carbonyl (C=O) groups excluding carboxylic acids is 2. The molecule has 0 unspecified atom stereocenters. The molecule has 0 aromatic heterocycles. The Hall–Kier alpha value is -2.22. The number of esters is 1. The van der Waals surface area contributed by atoms with Crippen LogP contribution >= 0.6 is 0 Å². The predicted molar refractivity (Wildman–Crippen MR) is 56.8 cm³/mol. The van der Waals surface area contributed by atoms with Crippen molar-refractivity contribution in [1.29, 1.82) is 5.26 Å². The van der Waals surface area contributed by atoms with E-state index in [1.807, 2.05) is 0 Å². The quantitative estimate of drug-likeness (QED) is 0.587. The fourth-order valence-electron chi connectivity index (χ4n) is 1.42. The fourth-order valence-corrected chi connectivity index (χ4v) is 1.42. The molecule has 0 spiro atoms. The molecule has 0 bridgehead atoms. The Morgan fingerprint density at radius 1 is 1.59 bits per heavy atom. The third-order valence-electron chi connectivity index (χ3n) is 2.12. The zero-order valence-electron chi connectivity index (χ0n) is 9.20. The van der Waals surface area contributed by atoms with Crippen LogP contribution in [-0.2, 0) is 16.0 Å². The predicted octanol–water partition coefficient (Wildman–Crippen LogP) is 1.62. The molecule has 5 heteroatoms. The Morgan fingerprint density at radius 3 is 2.82 bits per heavy atom. The van der Waals surface area contributed by atoms with Crippen LogP contribution in [-0.4, -0.2) is 18.9 Å². The molecule has 0 fully saturated rings. The van der Waals surface area contributed by atoms with Crippen LogP contribution in [0.5, 0.6) is 0 Å². The molecule has 0 radical (unpaired) electrons. The van der Waals surface area contributed by atoms with E-state index >= 15 is 0 Å². The molecule has 0 aliphatic carbocycles. The summed E-state index contributed by atoms with van der Waals surface area (Å²) in [5.74, 6) is -1.24. The first kappa shape index (κ1) is 12.8. The van der Waals surface area contributed by atoms with E-state index in [-0.39, 0.29) is 29.7 Å². The van der Waals surface area contributed by atoms with E-state index < -0.39 is 11.8 Å². The van der Waals surface area contributed by atoms with Gasteiger partial charge in [0.1, 0.15) is 12.1 Å². The lowest BCUT2D eigenvalue weighted by molar-refractivity contribution is -0.142. The first-order chi connectivity index (χ1) is 8.12. The summed E-state index contributed by atoms with van der Waals surface area (Å²) in [6.45, 7) is 1.85. The van der Waals surface area contributed by atoms with Crippen molar-refractivity contribution < 1.29 is 18.7 Å². The first-order valence-electron chi connectivity index (χ1n) is 4.95. The number of carbonyl (C=O) groups is 2. The van der Waals surface area contributed by atoms with Gasteiger partial charge in [0.05, 0.1) is 24.7 Å². The highest BCUT2D eigenvalue weighted by molar-refractivity contribution is 5.83. The maximum Gasteiger partial charge on any atom is 0.310 e. The van der Waals surface area contributed by atoms with Crippen LogP contribution in [0.1, 0.15) is 28.4 Å². The van der Waals surface area contributed by atoms with Crippen LogP contribution in [0.2, 0.25) is 0 Å². The van der Waals surface area contributed by atoms with Crippen molar-refractivity contribution in [3.8, 4) is 6.07 Å². The summed E-state index contributed by atoms with van der Waals surface area (Å²) in [6.07, 6.45) is 0.198. The Labute approximate surface area is 97.6 Å². The number of nitriles is 1. The summed E-state index contributed by atoms with van der Waals surface area (Å²) < 4.78 is 17.8. The minimum atomic E-state index is -0.684. The summed E-state index contributed by atoms with van der Waals surface area (Å²) in [5.41, 5.74) is 0.164. The van der Waals surface area contributed by atoms with E-state index in [2.05, 4.69) is 0 Å². The van der Waals surface area contributed by atoms with Crippen molar-refractivity contribution in [3.05, 3.63) is 34.6 Å². The lowest BCUT2D eigenvalue weighted by Crippen LogP contribution is -2.11. The van der Waals surface area contributed by atoms with Crippen LogP contribution in [0.3, 0.4) is 0 Å². The smallest absolute Gasteiger partial charge is 0.310 e. The number of nitrogens with zero attached hydrogens (tertiary/aromatic N) is 1. The molecule has 0 aliphatic heterocycles. The number of hydrogen-bond donors (Lipinski definition) is 0. The van der Waals surface area contributed by atoms with Crippen LogP contribution in [0.4, 0.5) is 4.39 Å². The third kappa shape index (κ3) is 3.11. The topological polar surface area (TPSA) is 67.2 Å². The van der Waals surface area contributed by atoms with E-state index in [0.717, 1.165) is 12.1 Å². The summed E-state index contributed by atoms with van der Waals surface area (Å²) >= 11 is 0.